The predicted molar refractivity (Wildman–Crippen MR) is 87.7 cm³/mol. The van der Waals surface area contributed by atoms with Crippen LogP contribution in [-0.4, -0.2) is 5.78 Å². The van der Waals surface area contributed by atoms with Gasteiger partial charge in [-0.15, -0.1) is 0 Å². The molecule has 0 saturated carbocycles. The third kappa shape index (κ3) is 3.31. The van der Waals surface area contributed by atoms with Crippen LogP contribution < -0.4 is 0 Å². The summed E-state index contributed by atoms with van der Waals surface area (Å²) in [5.74, 6) is 0.519. The molecule has 2 rings (SSSR count). The molecule has 0 heterocycles. The van der Waals surface area contributed by atoms with Gasteiger partial charge in [-0.3, -0.25) is 4.79 Å². The smallest absolute Gasteiger partial charge is 0.194 e. The van der Waals surface area contributed by atoms with Crippen molar-refractivity contribution in [1.29, 1.82) is 0 Å². The second-order valence-electron chi connectivity index (χ2n) is 4.88. The number of carbonyl (C=O) groups excluding carboxylic acids is 1. The Bertz CT molecular complexity index is 619. The van der Waals surface area contributed by atoms with Crippen molar-refractivity contribution in [3.8, 4) is 0 Å². The molecule has 20 heavy (non-hydrogen) atoms. The molecule has 0 N–H and O–H groups in total. The van der Waals surface area contributed by atoms with Crippen molar-refractivity contribution in [1.82, 2.24) is 0 Å². The number of benzene rings is 2. The van der Waals surface area contributed by atoms with Crippen LogP contribution in [0.5, 0.6) is 0 Å². The van der Waals surface area contributed by atoms with Gasteiger partial charge >= 0.3 is 0 Å². The molecule has 2 aromatic carbocycles. The number of carbonyl (C=O) groups is 1. The van der Waals surface area contributed by atoms with E-state index in [0.717, 1.165) is 10.9 Å². The van der Waals surface area contributed by atoms with E-state index in [4.69, 9.17) is 11.6 Å². The molecule has 0 fully saturated rings. The molecule has 0 radical (unpaired) electrons. The van der Waals surface area contributed by atoms with E-state index in [-0.39, 0.29) is 5.78 Å². The molecule has 104 valence electrons. The zero-order valence-electron chi connectivity index (χ0n) is 11.5. The van der Waals surface area contributed by atoms with Gasteiger partial charge in [-0.1, -0.05) is 49.7 Å². The first-order valence-electron chi connectivity index (χ1n) is 6.62. The second-order valence-corrected chi connectivity index (χ2v) is 6.18. The van der Waals surface area contributed by atoms with Crippen molar-refractivity contribution in [2.45, 2.75) is 26.2 Å². The van der Waals surface area contributed by atoms with Gasteiger partial charge in [-0.2, -0.15) is 0 Å². The summed E-state index contributed by atoms with van der Waals surface area (Å²) in [6.07, 6.45) is 1.09. The minimum Gasteiger partial charge on any atom is -0.289 e. The Kier molecular flexibility index (Phi) is 5.00. The van der Waals surface area contributed by atoms with Crippen LogP contribution >= 0.6 is 27.5 Å². The molecule has 1 atom stereocenters. The minimum atomic E-state index is 0.00393. The summed E-state index contributed by atoms with van der Waals surface area (Å²) in [7, 11) is 0. The Hall–Kier alpha value is -1.12. The standard InChI is InChI=1S/C17H16BrClO/c1-3-11(2)12-4-6-13(7-5-12)17(20)15-9-8-14(19)10-16(15)18/h4-11H,3H2,1-2H3. The van der Waals surface area contributed by atoms with Gasteiger partial charge in [-0.05, 0) is 52.0 Å². The van der Waals surface area contributed by atoms with E-state index in [1.54, 1.807) is 18.2 Å². The third-order valence-corrected chi connectivity index (χ3v) is 4.42. The van der Waals surface area contributed by atoms with Gasteiger partial charge in [0.2, 0.25) is 0 Å². The molecular weight excluding hydrogens is 336 g/mol. The van der Waals surface area contributed by atoms with Crippen LogP contribution in [-0.2, 0) is 0 Å². The van der Waals surface area contributed by atoms with Gasteiger partial charge in [0, 0.05) is 20.6 Å². The summed E-state index contributed by atoms with van der Waals surface area (Å²) < 4.78 is 0.723. The quantitative estimate of drug-likeness (QED) is 0.632. The van der Waals surface area contributed by atoms with Crippen molar-refractivity contribution in [3.63, 3.8) is 0 Å². The zero-order chi connectivity index (χ0) is 14.7. The van der Waals surface area contributed by atoms with Crippen molar-refractivity contribution in [2.24, 2.45) is 0 Å². The molecule has 0 saturated heterocycles. The molecule has 3 heteroatoms. The van der Waals surface area contributed by atoms with Gasteiger partial charge < -0.3 is 0 Å². The summed E-state index contributed by atoms with van der Waals surface area (Å²) >= 11 is 9.29. The van der Waals surface area contributed by atoms with Gasteiger partial charge in [0.15, 0.2) is 5.78 Å². The van der Waals surface area contributed by atoms with E-state index in [1.165, 1.54) is 5.56 Å². The Morgan fingerprint density at radius 1 is 1.20 bits per heavy atom. The van der Waals surface area contributed by atoms with Crippen LogP contribution in [0.25, 0.3) is 0 Å². The van der Waals surface area contributed by atoms with E-state index in [9.17, 15) is 4.79 Å². The van der Waals surface area contributed by atoms with E-state index >= 15 is 0 Å². The SMILES string of the molecule is CCC(C)c1ccc(C(=O)c2ccc(Cl)cc2Br)cc1. The normalized spacial score (nSPS) is 12.2. The summed E-state index contributed by atoms with van der Waals surface area (Å²) in [4.78, 5) is 12.5. The summed E-state index contributed by atoms with van der Waals surface area (Å²) in [6.45, 7) is 4.35. The lowest BCUT2D eigenvalue weighted by atomic mass is 9.95. The molecule has 0 aromatic heterocycles. The molecule has 1 unspecified atom stereocenters. The number of halogens is 2. The highest BCUT2D eigenvalue weighted by molar-refractivity contribution is 9.10. The molecule has 0 aliphatic heterocycles. The van der Waals surface area contributed by atoms with Crippen LogP contribution in [0.3, 0.4) is 0 Å². The number of rotatable bonds is 4. The molecule has 0 aliphatic carbocycles. The Morgan fingerprint density at radius 3 is 2.40 bits per heavy atom. The average Bonchev–Trinajstić information content (AvgIpc) is 2.46. The summed E-state index contributed by atoms with van der Waals surface area (Å²) in [5, 5.41) is 0.612. The number of hydrogen-bond donors (Lipinski definition) is 0. The molecule has 0 spiro atoms. The van der Waals surface area contributed by atoms with Gasteiger partial charge in [0.25, 0.3) is 0 Å². The highest BCUT2D eigenvalue weighted by Crippen LogP contribution is 2.25. The molecular formula is C17H16BrClO. The fourth-order valence-electron chi connectivity index (χ4n) is 2.03. The van der Waals surface area contributed by atoms with Crippen LogP contribution in [0.2, 0.25) is 5.02 Å². The van der Waals surface area contributed by atoms with E-state index in [1.807, 2.05) is 24.3 Å². The van der Waals surface area contributed by atoms with Crippen LogP contribution in [0.4, 0.5) is 0 Å². The van der Waals surface area contributed by atoms with Crippen LogP contribution in [0.1, 0.15) is 47.7 Å². The van der Waals surface area contributed by atoms with Gasteiger partial charge in [0.05, 0.1) is 0 Å². The number of hydrogen-bond acceptors (Lipinski definition) is 1. The van der Waals surface area contributed by atoms with Gasteiger partial charge in [-0.25, -0.2) is 0 Å². The maximum absolute atomic E-state index is 12.5. The molecule has 0 bridgehead atoms. The third-order valence-electron chi connectivity index (χ3n) is 3.53. The first kappa shape index (κ1) is 15.3. The monoisotopic (exact) mass is 350 g/mol. The Morgan fingerprint density at radius 2 is 1.85 bits per heavy atom. The fraction of sp³-hybridized carbons (Fsp3) is 0.235. The highest BCUT2D eigenvalue weighted by atomic mass is 79.9. The Balaban J connectivity index is 2.29. The summed E-state index contributed by atoms with van der Waals surface area (Å²) in [5.41, 5.74) is 2.59. The Labute approximate surface area is 133 Å². The van der Waals surface area contributed by atoms with Crippen LogP contribution in [0.15, 0.2) is 46.9 Å². The zero-order valence-corrected chi connectivity index (χ0v) is 13.8. The van der Waals surface area contributed by atoms with E-state index in [2.05, 4.69) is 29.8 Å². The number of ketones is 1. The van der Waals surface area contributed by atoms with Crippen molar-refractivity contribution >= 4 is 33.3 Å². The van der Waals surface area contributed by atoms with Crippen LogP contribution in [0, 0.1) is 0 Å². The molecule has 2 aromatic rings. The highest BCUT2D eigenvalue weighted by Gasteiger charge is 2.13. The van der Waals surface area contributed by atoms with Gasteiger partial charge in [0.1, 0.15) is 0 Å². The second kappa shape index (κ2) is 6.55. The lowest BCUT2D eigenvalue weighted by molar-refractivity contribution is 0.103. The molecule has 0 aliphatic rings. The van der Waals surface area contributed by atoms with Crippen molar-refractivity contribution in [3.05, 3.63) is 68.7 Å². The van der Waals surface area contributed by atoms with Crippen molar-refractivity contribution in [2.75, 3.05) is 0 Å². The van der Waals surface area contributed by atoms with E-state index in [0.29, 0.717) is 22.1 Å². The molecule has 0 amide bonds. The molecule has 1 nitrogen and oxygen atoms in total. The predicted octanol–water partition coefficient (Wildman–Crippen LogP) is 5.85. The first-order chi connectivity index (χ1) is 9.52. The fourth-order valence-corrected chi connectivity index (χ4v) is 2.89. The van der Waals surface area contributed by atoms with E-state index < -0.39 is 0 Å². The lowest BCUT2D eigenvalue weighted by Gasteiger charge is -2.10. The largest absolute Gasteiger partial charge is 0.289 e. The minimum absolute atomic E-state index is 0.00393. The lowest BCUT2D eigenvalue weighted by Crippen LogP contribution is -2.03. The maximum atomic E-state index is 12.5. The van der Waals surface area contributed by atoms with Crippen molar-refractivity contribution < 1.29 is 4.79 Å². The maximum Gasteiger partial charge on any atom is 0.194 e. The average molecular weight is 352 g/mol. The summed E-state index contributed by atoms with van der Waals surface area (Å²) in [6, 6.07) is 13.1. The topological polar surface area (TPSA) is 17.1 Å². The first-order valence-corrected chi connectivity index (χ1v) is 7.79.